The molecule has 12 aromatic rings. The summed E-state index contributed by atoms with van der Waals surface area (Å²) in [5, 5.41) is 11.0. The Morgan fingerprint density at radius 3 is 1.05 bits per heavy atom. The molecule has 3 aliphatic carbocycles. The molecule has 21 rings (SSSR count). The van der Waals surface area contributed by atoms with E-state index in [0.29, 0.717) is 172 Å². The van der Waals surface area contributed by atoms with E-state index in [1.165, 1.54) is 41.3 Å². The van der Waals surface area contributed by atoms with Crippen molar-refractivity contribution in [2.24, 2.45) is 11.8 Å². The number of allylic oxidation sites excluding steroid dienone is 6. The van der Waals surface area contributed by atoms with Crippen molar-refractivity contribution in [1.29, 1.82) is 0 Å². The van der Waals surface area contributed by atoms with Crippen LogP contribution in [0.15, 0.2) is 147 Å². The van der Waals surface area contributed by atoms with Crippen molar-refractivity contribution in [2.75, 3.05) is 65.5 Å². The monoisotopic (exact) mass is 1630 g/mol. The van der Waals surface area contributed by atoms with Crippen LogP contribution in [0.4, 0.5) is 36.3 Å². The van der Waals surface area contributed by atoms with Crippen molar-refractivity contribution < 1.29 is 75.0 Å². The first-order valence-electron chi connectivity index (χ1n) is 40.3. The molecule has 3 aromatic carbocycles. The van der Waals surface area contributed by atoms with Crippen molar-refractivity contribution in [3.8, 4) is 0 Å². The molecule has 9 aliphatic rings. The highest BCUT2D eigenvalue weighted by atomic mass is 19.3. The van der Waals surface area contributed by atoms with E-state index in [9.17, 15) is 61.8 Å². The average molecular weight is 1630 g/mol. The quantitative estimate of drug-likeness (QED) is 0.0841. The minimum atomic E-state index is -2.77. The molecule has 0 unspecified atom stereocenters. The number of imidazole rings is 3. The summed E-state index contributed by atoms with van der Waals surface area (Å²) in [6, 6.07) is 24.3. The van der Waals surface area contributed by atoms with Gasteiger partial charge in [0, 0.05) is 210 Å². The molecule has 0 bridgehead atoms. The van der Waals surface area contributed by atoms with E-state index in [1.807, 2.05) is 79.5 Å². The fourth-order valence-electron chi connectivity index (χ4n) is 19.0. The van der Waals surface area contributed by atoms with Crippen LogP contribution < -0.4 is 0 Å². The van der Waals surface area contributed by atoms with Crippen LogP contribution in [0.3, 0.4) is 0 Å². The molecule has 31 heteroatoms. The fourth-order valence-corrected chi connectivity index (χ4v) is 19.0. The lowest BCUT2D eigenvalue weighted by Crippen LogP contribution is -2.49. The Morgan fingerprint density at radius 1 is 0.408 bits per heavy atom. The third kappa shape index (κ3) is 13.4. The number of Topliss-reactive ketones (excluding diaryl/α,β-unsaturated/α-hetero) is 6. The number of aldehydes is 1. The van der Waals surface area contributed by atoms with Gasteiger partial charge in [-0.2, -0.15) is 0 Å². The second-order valence-corrected chi connectivity index (χ2v) is 32.2. The number of rotatable bonds is 8. The average Bonchev–Trinajstić information content (AvgIpc) is 1.59. The molecule has 9 aromatic heterocycles. The number of benzene rings is 3. The predicted octanol–water partition coefficient (Wildman–Crippen LogP) is 11.8. The zero-order chi connectivity index (χ0) is 82.8. The summed E-state index contributed by atoms with van der Waals surface area (Å²) < 4.78 is 83.7. The van der Waals surface area contributed by atoms with Crippen molar-refractivity contribution in [1.82, 2.24) is 71.3 Å². The van der Waals surface area contributed by atoms with Gasteiger partial charge in [0.2, 0.25) is 0 Å². The number of ketones is 6. The number of carbonyl (C=O) groups is 10. The number of alkyl halides is 2. The van der Waals surface area contributed by atoms with Gasteiger partial charge in [-0.15, -0.1) is 0 Å². The van der Waals surface area contributed by atoms with Gasteiger partial charge in [-0.1, -0.05) is 18.2 Å². The molecule has 3 fully saturated rings. The number of amides is 6. The number of aliphatic hydroxyl groups is 1. The molecule has 120 heavy (non-hydrogen) atoms. The lowest BCUT2D eigenvalue weighted by Gasteiger charge is -2.35. The maximum absolute atomic E-state index is 15.1. The van der Waals surface area contributed by atoms with Crippen LogP contribution >= 0.6 is 0 Å². The Morgan fingerprint density at radius 2 is 0.725 bits per heavy atom. The highest BCUT2D eigenvalue weighted by Gasteiger charge is 2.43. The van der Waals surface area contributed by atoms with Gasteiger partial charge < -0.3 is 53.0 Å². The van der Waals surface area contributed by atoms with E-state index >= 15 is 13.2 Å². The van der Waals surface area contributed by atoms with Gasteiger partial charge in [0.25, 0.3) is 5.92 Å². The second-order valence-electron chi connectivity index (χ2n) is 32.2. The van der Waals surface area contributed by atoms with Crippen LogP contribution in [0.5, 0.6) is 0 Å². The number of hydrogen-bond donors (Lipinski definition) is 1. The second kappa shape index (κ2) is 30.2. The molecule has 3 saturated heterocycles. The first-order chi connectivity index (χ1) is 58.0. The molecule has 6 aliphatic heterocycles. The highest BCUT2D eigenvalue weighted by Crippen LogP contribution is 2.46. The lowest BCUT2D eigenvalue weighted by molar-refractivity contribution is -0.121. The van der Waals surface area contributed by atoms with Gasteiger partial charge in [0.15, 0.2) is 34.7 Å². The first-order valence-corrected chi connectivity index (χ1v) is 40.3. The molecule has 15 heterocycles. The number of halogens is 5. The van der Waals surface area contributed by atoms with Gasteiger partial charge in [0.1, 0.15) is 40.7 Å². The largest absolute Gasteiger partial charge is 0.396 e. The van der Waals surface area contributed by atoms with Gasteiger partial charge in [-0.05, 0) is 121 Å². The number of likely N-dealkylation sites (tertiary alicyclic amines) is 3. The number of aromatic nitrogens is 9. The Hall–Kier alpha value is -13.3. The highest BCUT2D eigenvalue weighted by molar-refractivity contribution is 6.53. The maximum Gasteiger partial charge on any atom is 0.320 e. The number of fused-ring (bicyclic) bond motifs is 3. The predicted molar refractivity (Wildman–Crippen MR) is 431 cm³/mol. The Balaban J connectivity index is 0.000000119. The van der Waals surface area contributed by atoms with Crippen molar-refractivity contribution in [3.05, 3.63) is 215 Å². The van der Waals surface area contributed by atoms with E-state index in [4.69, 9.17) is 0 Å². The number of carbonyl (C=O) groups excluding carboxylic acids is 10. The Labute approximate surface area is 680 Å². The third-order valence-electron chi connectivity index (χ3n) is 24.9. The van der Waals surface area contributed by atoms with Crippen molar-refractivity contribution >= 4 is 142 Å². The molecule has 610 valence electrons. The van der Waals surface area contributed by atoms with Crippen LogP contribution in [0.2, 0.25) is 0 Å². The van der Waals surface area contributed by atoms with E-state index in [0.717, 1.165) is 30.2 Å². The number of pyridine rings is 3. The van der Waals surface area contributed by atoms with Crippen LogP contribution in [-0.2, 0) is 72.8 Å². The minimum Gasteiger partial charge on any atom is -0.396 e. The maximum atomic E-state index is 15.1. The molecule has 0 spiro atoms. The number of nitrogens with zero attached hydrogens (tertiary/aromatic N) is 15. The van der Waals surface area contributed by atoms with Gasteiger partial charge in [-0.25, -0.2) is 51.3 Å². The zero-order valence-corrected chi connectivity index (χ0v) is 64.9. The molecule has 0 radical (unpaired) electrons. The summed E-state index contributed by atoms with van der Waals surface area (Å²) in [7, 11) is 0. The van der Waals surface area contributed by atoms with E-state index in [-0.39, 0.29) is 165 Å². The van der Waals surface area contributed by atoms with Crippen LogP contribution in [0.1, 0.15) is 108 Å². The summed E-state index contributed by atoms with van der Waals surface area (Å²) >= 11 is 0. The smallest absolute Gasteiger partial charge is 0.320 e. The Kier molecular flexibility index (Phi) is 19.3. The number of piperidine rings is 3. The number of urea groups is 3. The SMILES string of the molecule is O=C1CC(=O)C(c2cnc3ccccn23)=C1c1cn2c3c(cc(F)cc13)CN(C(=O)N1CCC(CO)CC1)CC2.O=C1CC(=O)C(c2cnc3ccccn23)=C1c1cn2c3c(cc(F)cc13)CN(C(=O)N1CCC(F)(F)CC1)CC2.O=CC1CCN(C(=O)N2CCn3cc(C4=C(c5cnc6ccccn56)C(=O)CC4=O)c4cc(F)cc(c43)C2)CC1. The lowest BCUT2D eigenvalue weighted by atomic mass is 9.97. The van der Waals surface area contributed by atoms with E-state index in [2.05, 4.69) is 15.0 Å². The molecular weight excluding hydrogens is 1550 g/mol. The fraction of sp³-hybridized carbons (Fsp3) is 0.315. The summed E-state index contributed by atoms with van der Waals surface area (Å²) in [6.45, 7) is 5.20. The molecular formula is C89H78F5N15O11. The van der Waals surface area contributed by atoms with E-state index in [1.54, 1.807) is 82.2 Å². The summed E-state index contributed by atoms with van der Waals surface area (Å²) in [5.74, 6) is -5.87. The topological polar surface area (TPSA) is 277 Å². The van der Waals surface area contributed by atoms with Gasteiger partial charge in [0.05, 0.1) is 88.2 Å². The van der Waals surface area contributed by atoms with Gasteiger partial charge >= 0.3 is 18.1 Å². The summed E-state index contributed by atoms with van der Waals surface area (Å²) in [5.41, 5.74) is 10.7. The molecule has 0 saturated carbocycles. The van der Waals surface area contributed by atoms with Gasteiger partial charge in [-0.3, -0.25) is 42.0 Å². The molecule has 0 atom stereocenters. The molecule has 6 amide bonds. The van der Waals surface area contributed by atoms with Crippen molar-refractivity contribution in [2.45, 2.75) is 103 Å². The van der Waals surface area contributed by atoms with Crippen molar-refractivity contribution in [3.63, 3.8) is 0 Å². The summed E-state index contributed by atoms with van der Waals surface area (Å²) in [6.07, 6.45) is 17.8. The van der Waals surface area contributed by atoms with E-state index < -0.39 is 23.4 Å². The number of hydrogen-bond acceptors (Lipinski definition) is 14. The normalized spacial score (nSPS) is 18.7. The molecule has 26 nitrogen and oxygen atoms in total. The zero-order valence-electron chi connectivity index (χ0n) is 64.9. The number of aliphatic hydroxyl groups excluding tert-OH is 1. The minimum absolute atomic E-state index is 0.0138. The Bertz CT molecular complexity index is 6530. The van der Waals surface area contributed by atoms with Crippen LogP contribution in [-0.4, -0.2) is 207 Å². The third-order valence-corrected chi connectivity index (χ3v) is 24.9. The standard InChI is InChI=1S/C30H28FN5O4.C30H26FN5O4.C29H24F3N5O3/c2*31-20-11-19-15-35(30(40)33-7-4-18(17-37)5-8-33)10-9-34-16-22(21(12-20)29(19)34)27-24(38)13-25(39)28(27)23-14-32-26-3-1-2-6-36(23)26;30-18-11-17-15-36(28(40)34-7-4-29(31,32)5-8-34)10-9-35-16-20(19(12-18)27(17)35)25-22(38)13-23(39)26(25)21-14-33-24-3-1-2-6-37(21)24/h1-3,6,11-12,14,16,18,37H,4-5,7-10,13,15,17H2;1-3,6,11-12,14,16-18H,4-5,7-10,13,15H2;1-3,6,11-12,14,16H,4-5,7-10,13,15H2. The molecule has 1 N–H and O–H groups in total. The first kappa shape index (κ1) is 76.6. The van der Waals surface area contributed by atoms with Crippen LogP contribution in [0.25, 0.3) is 83.1 Å². The van der Waals surface area contributed by atoms with Crippen LogP contribution in [0, 0.1) is 29.3 Å². The summed E-state index contributed by atoms with van der Waals surface area (Å²) in [4.78, 5) is 154.